The van der Waals surface area contributed by atoms with Gasteiger partial charge in [0, 0.05) is 0 Å². The predicted molar refractivity (Wildman–Crippen MR) is 132 cm³/mol. The van der Waals surface area contributed by atoms with Crippen LogP contribution in [0.4, 0.5) is 11.4 Å². The highest BCUT2D eigenvalue weighted by molar-refractivity contribution is 5.87. The van der Waals surface area contributed by atoms with Crippen LogP contribution in [-0.4, -0.2) is 30.6 Å². The number of nitrogens with one attached hydrogen (secondary N) is 3. The summed E-state index contributed by atoms with van der Waals surface area (Å²) < 4.78 is 3.15. The van der Waals surface area contributed by atoms with Gasteiger partial charge in [-0.05, 0) is 61.2 Å². The van der Waals surface area contributed by atoms with E-state index >= 15 is 0 Å². The first-order chi connectivity index (χ1) is 16.0. The zero-order chi connectivity index (χ0) is 24.6. The Morgan fingerprint density at radius 1 is 0.971 bits per heavy atom. The van der Waals surface area contributed by atoms with Gasteiger partial charge in [0.15, 0.2) is 0 Å². The number of benzene rings is 2. The molecule has 0 spiro atoms. The first-order valence-corrected chi connectivity index (χ1v) is 10.9. The van der Waals surface area contributed by atoms with E-state index in [-0.39, 0.29) is 16.5 Å². The Kier molecular flexibility index (Phi) is 5.78. The number of carbonyl (C=O) groups is 1. The number of anilines is 2. The lowest BCUT2D eigenvalue weighted by atomic mass is 9.87. The Bertz CT molecular complexity index is 1390. The van der Waals surface area contributed by atoms with Crippen LogP contribution >= 0.6 is 0 Å². The molecule has 0 amide bonds. The van der Waals surface area contributed by atoms with Crippen molar-refractivity contribution < 1.29 is 9.90 Å². The van der Waals surface area contributed by atoms with E-state index in [2.05, 4.69) is 41.8 Å². The summed E-state index contributed by atoms with van der Waals surface area (Å²) in [6.07, 6.45) is 1.77. The van der Waals surface area contributed by atoms with E-state index in [0.717, 1.165) is 11.4 Å². The molecule has 4 aromatic rings. The van der Waals surface area contributed by atoms with Gasteiger partial charge in [-0.1, -0.05) is 32.9 Å². The van der Waals surface area contributed by atoms with Gasteiger partial charge >= 0.3 is 5.97 Å². The summed E-state index contributed by atoms with van der Waals surface area (Å²) in [6, 6.07) is 14.4. The summed E-state index contributed by atoms with van der Waals surface area (Å²) >= 11 is 0. The average molecular weight is 461 g/mol. The Hall–Kier alpha value is -4.27. The van der Waals surface area contributed by atoms with Crippen molar-refractivity contribution in [1.82, 2.24) is 19.6 Å². The van der Waals surface area contributed by atoms with Crippen LogP contribution in [0.15, 0.2) is 59.5 Å². The molecule has 0 bridgehead atoms. The Balaban J connectivity index is 1.53. The maximum atomic E-state index is 13.1. The number of aryl methyl sites for hydroxylation is 2. The van der Waals surface area contributed by atoms with Crippen LogP contribution in [0.1, 0.15) is 48.1 Å². The number of rotatable bonds is 6. The summed E-state index contributed by atoms with van der Waals surface area (Å²) in [4.78, 5) is 24.1. The highest BCUT2D eigenvalue weighted by Crippen LogP contribution is 2.23. The maximum Gasteiger partial charge on any atom is 0.335 e. The lowest BCUT2D eigenvalue weighted by molar-refractivity contribution is 0.0697. The zero-order valence-electron chi connectivity index (χ0n) is 19.8. The standard InChI is InChI=1S/C25H28N6O3/c1-15-21(14-30(28-15)19-10-6-17(7-11-19)24(33)34)26-27-22-16(2)29-31(23(22)32)20-12-8-18(9-13-20)25(3,4)5/h6-14,26-27,29H,1-5H3,(H,33,34). The molecule has 0 aliphatic heterocycles. The SMILES string of the molecule is Cc1nn(-c2ccc(C(=O)O)cc2)cc1NNc1c(C)[nH]n(-c2ccc(C(C)(C)C)cc2)c1=O. The summed E-state index contributed by atoms with van der Waals surface area (Å²) in [5, 5.41) is 16.7. The van der Waals surface area contributed by atoms with Crippen molar-refractivity contribution in [2.24, 2.45) is 0 Å². The molecule has 2 aromatic carbocycles. The van der Waals surface area contributed by atoms with E-state index in [4.69, 9.17) is 5.11 Å². The summed E-state index contributed by atoms with van der Waals surface area (Å²) in [5.41, 5.74) is 11.3. The Morgan fingerprint density at radius 3 is 2.18 bits per heavy atom. The largest absolute Gasteiger partial charge is 0.478 e. The highest BCUT2D eigenvalue weighted by atomic mass is 16.4. The van der Waals surface area contributed by atoms with Crippen LogP contribution in [0.2, 0.25) is 0 Å². The number of hydrogen-bond donors (Lipinski definition) is 4. The molecule has 2 heterocycles. The molecular weight excluding hydrogens is 432 g/mol. The number of hydrogen-bond acceptors (Lipinski definition) is 5. The van der Waals surface area contributed by atoms with Crippen LogP contribution in [0, 0.1) is 13.8 Å². The van der Waals surface area contributed by atoms with Crippen LogP contribution in [-0.2, 0) is 5.41 Å². The molecule has 4 rings (SSSR count). The molecule has 2 aromatic heterocycles. The first-order valence-electron chi connectivity index (χ1n) is 10.9. The molecule has 0 radical (unpaired) electrons. The van der Waals surface area contributed by atoms with Gasteiger partial charge in [0.2, 0.25) is 0 Å². The van der Waals surface area contributed by atoms with Gasteiger partial charge < -0.3 is 5.11 Å². The summed E-state index contributed by atoms with van der Waals surface area (Å²) in [7, 11) is 0. The molecule has 0 atom stereocenters. The minimum atomic E-state index is -0.979. The Labute approximate surface area is 197 Å². The van der Waals surface area contributed by atoms with E-state index < -0.39 is 5.97 Å². The molecule has 0 unspecified atom stereocenters. The number of nitrogens with zero attached hydrogens (tertiary/aromatic N) is 3. The first kappa shape index (κ1) is 22.9. The molecule has 176 valence electrons. The second kappa shape index (κ2) is 8.58. The molecule has 0 fully saturated rings. The molecule has 34 heavy (non-hydrogen) atoms. The number of hydrazine groups is 1. The van der Waals surface area contributed by atoms with Gasteiger partial charge in [-0.3, -0.25) is 20.7 Å². The van der Waals surface area contributed by atoms with Gasteiger partial charge in [0.05, 0.1) is 40.2 Å². The van der Waals surface area contributed by atoms with Gasteiger partial charge in [0.1, 0.15) is 5.69 Å². The van der Waals surface area contributed by atoms with E-state index in [1.807, 2.05) is 38.1 Å². The van der Waals surface area contributed by atoms with Crippen LogP contribution in [0.5, 0.6) is 0 Å². The topological polar surface area (TPSA) is 117 Å². The number of H-pyrrole nitrogens is 1. The molecule has 0 saturated heterocycles. The lowest BCUT2D eigenvalue weighted by Crippen LogP contribution is -2.20. The molecular formula is C25H28N6O3. The zero-order valence-corrected chi connectivity index (χ0v) is 19.8. The minimum absolute atomic E-state index is 0.0341. The summed E-state index contributed by atoms with van der Waals surface area (Å²) in [5.74, 6) is -0.979. The predicted octanol–water partition coefficient (Wildman–Crippen LogP) is 4.40. The lowest BCUT2D eigenvalue weighted by Gasteiger charge is -2.19. The van der Waals surface area contributed by atoms with Gasteiger partial charge in [-0.2, -0.15) is 5.10 Å². The number of aromatic nitrogens is 4. The third-order valence-corrected chi connectivity index (χ3v) is 5.66. The third-order valence-electron chi connectivity index (χ3n) is 5.66. The number of carboxylic acids is 1. The van der Waals surface area contributed by atoms with Crippen LogP contribution < -0.4 is 16.4 Å². The second-order valence-corrected chi connectivity index (χ2v) is 9.22. The molecule has 9 heteroatoms. The van der Waals surface area contributed by atoms with E-state index in [9.17, 15) is 9.59 Å². The normalized spacial score (nSPS) is 11.4. The van der Waals surface area contributed by atoms with Gasteiger partial charge in [0.25, 0.3) is 5.56 Å². The van der Waals surface area contributed by atoms with Crippen molar-refractivity contribution in [3.63, 3.8) is 0 Å². The molecule has 0 aliphatic rings. The number of carboxylic acid groups (broad SMARTS) is 1. The third kappa shape index (κ3) is 4.45. The fraction of sp³-hybridized carbons (Fsp3) is 0.240. The fourth-order valence-corrected chi connectivity index (χ4v) is 3.59. The number of aromatic carboxylic acids is 1. The highest BCUT2D eigenvalue weighted by Gasteiger charge is 2.16. The van der Waals surface area contributed by atoms with Crippen molar-refractivity contribution in [3.05, 3.63) is 87.6 Å². The molecule has 0 aliphatic carbocycles. The van der Waals surface area contributed by atoms with Gasteiger partial charge in [-0.15, -0.1) is 0 Å². The average Bonchev–Trinajstić information content (AvgIpc) is 3.30. The van der Waals surface area contributed by atoms with Gasteiger partial charge in [-0.25, -0.2) is 14.2 Å². The fourth-order valence-electron chi connectivity index (χ4n) is 3.59. The van der Waals surface area contributed by atoms with Crippen molar-refractivity contribution >= 4 is 17.3 Å². The van der Waals surface area contributed by atoms with Crippen molar-refractivity contribution in [2.75, 3.05) is 10.9 Å². The Morgan fingerprint density at radius 2 is 1.59 bits per heavy atom. The monoisotopic (exact) mass is 460 g/mol. The van der Waals surface area contributed by atoms with E-state index in [1.54, 1.807) is 23.0 Å². The molecule has 0 saturated carbocycles. The molecule has 4 N–H and O–H groups in total. The van der Waals surface area contributed by atoms with Crippen molar-refractivity contribution in [2.45, 2.75) is 40.0 Å². The quantitative estimate of drug-likeness (QED) is 0.317. The minimum Gasteiger partial charge on any atom is -0.478 e. The van der Waals surface area contributed by atoms with Crippen LogP contribution in [0.25, 0.3) is 11.4 Å². The van der Waals surface area contributed by atoms with Crippen molar-refractivity contribution in [3.8, 4) is 11.4 Å². The molecule has 9 nitrogen and oxygen atoms in total. The second-order valence-electron chi connectivity index (χ2n) is 9.22. The van der Waals surface area contributed by atoms with Crippen molar-refractivity contribution in [1.29, 1.82) is 0 Å². The summed E-state index contributed by atoms with van der Waals surface area (Å²) in [6.45, 7) is 10.1. The van der Waals surface area contributed by atoms with E-state index in [0.29, 0.717) is 22.8 Å². The maximum absolute atomic E-state index is 13.1. The number of aromatic amines is 1. The smallest absolute Gasteiger partial charge is 0.335 e. The van der Waals surface area contributed by atoms with Crippen LogP contribution in [0.3, 0.4) is 0 Å². The van der Waals surface area contributed by atoms with E-state index in [1.165, 1.54) is 22.4 Å².